The highest BCUT2D eigenvalue weighted by molar-refractivity contribution is 5.82. The minimum Gasteiger partial charge on any atom is -0.504 e. The van der Waals surface area contributed by atoms with E-state index in [1.165, 1.54) is 12.1 Å². The third-order valence-electron chi connectivity index (χ3n) is 6.25. The van der Waals surface area contributed by atoms with Crippen LogP contribution in [-0.2, 0) is 22.7 Å². The number of hydrogen-bond donors (Lipinski definition) is 3. The molecule has 2 amide bonds. The SMILES string of the molecule is CC(C)(C)[C@H](N)C(=O)N1CCC(N(Cc2ccc(O)c(O)c2)C(=O)OCc2ccccc2)CC1. The van der Waals surface area contributed by atoms with Gasteiger partial charge in [-0.2, -0.15) is 0 Å². The monoisotopic (exact) mass is 469 g/mol. The van der Waals surface area contributed by atoms with Crippen molar-refractivity contribution < 1.29 is 24.5 Å². The normalized spacial score (nSPS) is 15.6. The number of piperidine rings is 1. The minimum absolute atomic E-state index is 0.0763. The van der Waals surface area contributed by atoms with Crippen LogP contribution in [0.4, 0.5) is 4.79 Å². The number of nitrogens with zero attached hydrogens (tertiary/aromatic N) is 2. The number of carbonyl (C=O) groups is 2. The molecule has 1 fully saturated rings. The average Bonchev–Trinajstić information content (AvgIpc) is 2.82. The first-order valence-electron chi connectivity index (χ1n) is 11.6. The van der Waals surface area contributed by atoms with Crippen molar-refractivity contribution in [2.24, 2.45) is 11.1 Å². The number of rotatable bonds is 6. The van der Waals surface area contributed by atoms with Gasteiger partial charge in [0.15, 0.2) is 11.5 Å². The van der Waals surface area contributed by atoms with Crippen LogP contribution in [-0.4, -0.2) is 57.2 Å². The van der Waals surface area contributed by atoms with E-state index >= 15 is 0 Å². The van der Waals surface area contributed by atoms with Crippen LogP contribution in [0.3, 0.4) is 0 Å². The summed E-state index contributed by atoms with van der Waals surface area (Å²) in [5, 5.41) is 19.5. The Morgan fingerprint density at radius 2 is 1.71 bits per heavy atom. The average molecular weight is 470 g/mol. The van der Waals surface area contributed by atoms with Gasteiger partial charge in [0.25, 0.3) is 0 Å². The zero-order chi connectivity index (χ0) is 24.9. The van der Waals surface area contributed by atoms with Gasteiger partial charge >= 0.3 is 6.09 Å². The highest BCUT2D eigenvalue weighted by Crippen LogP contribution is 2.28. The van der Waals surface area contributed by atoms with Gasteiger partial charge in [0.2, 0.25) is 5.91 Å². The number of likely N-dealkylation sites (tertiary alicyclic amines) is 1. The first kappa shape index (κ1) is 25.4. The van der Waals surface area contributed by atoms with Crippen LogP contribution in [0, 0.1) is 5.41 Å². The molecule has 1 saturated heterocycles. The smallest absolute Gasteiger partial charge is 0.410 e. The van der Waals surface area contributed by atoms with Gasteiger partial charge in [-0.05, 0) is 41.5 Å². The van der Waals surface area contributed by atoms with Crippen LogP contribution >= 0.6 is 0 Å². The second kappa shape index (κ2) is 10.8. The van der Waals surface area contributed by atoms with Crippen molar-refractivity contribution in [1.82, 2.24) is 9.80 Å². The first-order valence-corrected chi connectivity index (χ1v) is 11.6. The molecule has 184 valence electrons. The van der Waals surface area contributed by atoms with Gasteiger partial charge in [0.05, 0.1) is 6.04 Å². The van der Waals surface area contributed by atoms with Crippen molar-refractivity contribution in [3.8, 4) is 11.5 Å². The van der Waals surface area contributed by atoms with Crippen molar-refractivity contribution in [2.45, 2.75) is 58.8 Å². The summed E-state index contributed by atoms with van der Waals surface area (Å²) in [6.07, 6.45) is 0.716. The number of nitrogens with two attached hydrogens (primary N) is 1. The molecular weight excluding hydrogens is 434 g/mol. The molecule has 0 saturated carbocycles. The number of carbonyl (C=O) groups excluding carboxylic acids is 2. The van der Waals surface area contributed by atoms with Crippen LogP contribution in [0.5, 0.6) is 11.5 Å². The van der Waals surface area contributed by atoms with Crippen molar-refractivity contribution in [1.29, 1.82) is 0 Å². The van der Waals surface area contributed by atoms with E-state index in [-0.39, 0.29) is 42.0 Å². The first-order chi connectivity index (χ1) is 16.1. The predicted molar refractivity (Wildman–Crippen MR) is 129 cm³/mol. The summed E-state index contributed by atoms with van der Waals surface area (Å²) in [6.45, 7) is 7.18. The van der Waals surface area contributed by atoms with Crippen LogP contribution in [0.25, 0.3) is 0 Å². The fraction of sp³-hybridized carbons (Fsp3) is 0.462. The van der Waals surface area contributed by atoms with Crippen molar-refractivity contribution in [3.63, 3.8) is 0 Å². The van der Waals surface area contributed by atoms with E-state index in [4.69, 9.17) is 10.5 Å². The Morgan fingerprint density at radius 1 is 1.06 bits per heavy atom. The van der Waals surface area contributed by atoms with Gasteiger partial charge in [-0.1, -0.05) is 57.2 Å². The fourth-order valence-corrected chi connectivity index (χ4v) is 3.97. The maximum Gasteiger partial charge on any atom is 0.410 e. The molecule has 0 bridgehead atoms. The molecule has 3 rings (SSSR count). The number of amides is 2. The number of hydrogen-bond acceptors (Lipinski definition) is 6. The zero-order valence-corrected chi connectivity index (χ0v) is 20.1. The molecule has 0 unspecified atom stereocenters. The van der Waals surface area contributed by atoms with Crippen LogP contribution < -0.4 is 5.73 Å². The maximum absolute atomic E-state index is 13.1. The molecule has 2 aromatic rings. The van der Waals surface area contributed by atoms with Crippen molar-refractivity contribution in [2.75, 3.05) is 13.1 Å². The predicted octanol–water partition coefficient (Wildman–Crippen LogP) is 3.60. The lowest BCUT2D eigenvalue weighted by Gasteiger charge is -2.40. The molecular formula is C26H35N3O5. The molecule has 8 nitrogen and oxygen atoms in total. The number of benzene rings is 2. The van der Waals surface area contributed by atoms with E-state index in [2.05, 4.69) is 0 Å². The molecule has 1 heterocycles. The summed E-state index contributed by atoms with van der Waals surface area (Å²) < 4.78 is 5.60. The fourth-order valence-electron chi connectivity index (χ4n) is 3.97. The summed E-state index contributed by atoms with van der Waals surface area (Å²) in [4.78, 5) is 29.3. The second-order valence-electron chi connectivity index (χ2n) is 9.89. The highest BCUT2D eigenvalue weighted by Gasteiger charge is 2.35. The Balaban J connectivity index is 1.71. The maximum atomic E-state index is 13.1. The van der Waals surface area contributed by atoms with E-state index < -0.39 is 12.1 Å². The summed E-state index contributed by atoms with van der Waals surface area (Å²) in [5.41, 5.74) is 7.39. The number of phenolic OH excluding ortho intramolecular Hbond substituents is 2. The van der Waals surface area contributed by atoms with Gasteiger partial charge in [-0.3, -0.25) is 4.79 Å². The molecule has 1 atom stereocenters. The van der Waals surface area contributed by atoms with E-state index in [1.807, 2.05) is 51.1 Å². The molecule has 34 heavy (non-hydrogen) atoms. The van der Waals surface area contributed by atoms with Crippen molar-refractivity contribution in [3.05, 3.63) is 59.7 Å². The minimum atomic E-state index is -0.587. The Labute approximate surface area is 200 Å². The largest absolute Gasteiger partial charge is 0.504 e. The topological polar surface area (TPSA) is 116 Å². The zero-order valence-electron chi connectivity index (χ0n) is 20.1. The molecule has 1 aliphatic heterocycles. The third-order valence-corrected chi connectivity index (χ3v) is 6.25. The molecule has 4 N–H and O–H groups in total. The number of phenols is 2. The summed E-state index contributed by atoms with van der Waals surface area (Å²) in [5.74, 6) is -0.539. The van der Waals surface area contributed by atoms with Crippen LogP contribution in [0.2, 0.25) is 0 Å². The van der Waals surface area contributed by atoms with E-state index in [0.717, 1.165) is 5.56 Å². The molecule has 0 radical (unpaired) electrons. The van der Waals surface area contributed by atoms with Crippen LogP contribution in [0.15, 0.2) is 48.5 Å². The molecule has 8 heteroatoms. The number of aromatic hydroxyl groups is 2. The number of ether oxygens (including phenoxy) is 1. The molecule has 2 aromatic carbocycles. The van der Waals surface area contributed by atoms with Gasteiger partial charge in [0.1, 0.15) is 6.61 Å². The van der Waals surface area contributed by atoms with Crippen molar-refractivity contribution >= 4 is 12.0 Å². The Hall–Kier alpha value is -3.26. The van der Waals surface area contributed by atoms with E-state index in [1.54, 1.807) is 15.9 Å². The Morgan fingerprint density at radius 3 is 2.29 bits per heavy atom. The lowest BCUT2D eigenvalue weighted by atomic mass is 9.86. The van der Waals surface area contributed by atoms with E-state index in [0.29, 0.717) is 31.5 Å². The Kier molecular flexibility index (Phi) is 8.04. The molecule has 0 aliphatic carbocycles. The second-order valence-corrected chi connectivity index (χ2v) is 9.89. The highest BCUT2D eigenvalue weighted by atomic mass is 16.6. The molecule has 0 aromatic heterocycles. The van der Waals surface area contributed by atoms with Crippen LogP contribution in [0.1, 0.15) is 44.7 Å². The Bertz CT molecular complexity index is 982. The third kappa shape index (κ3) is 6.41. The standard InChI is InChI=1S/C26H35N3O5/c1-26(2,3)23(27)24(32)28-13-11-20(12-14-28)29(16-19-9-10-21(30)22(31)15-19)25(33)34-17-18-7-5-4-6-8-18/h4-10,15,20,23,30-31H,11-14,16-17,27H2,1-3H3/t23-/m1/s1. The molecule has 1 aliphatic rings. The van der Waals surface area contributed by atoms with Gasteiger partial charge in [-0.15, -0.1) is 0 Å². The summed E-state index contributed by atoms with van der Waals surface area (Å²) >= 11 is 0. The quantitative estimate of drug-likeness (QED) is 0.557. The lowest BCUT2D eigenvalue weighted by Crippen LogP contribution is -2.54. The molecule has 0 spiro atoms. The van der Waals surface area contributed by atoms with Gasteiger partial charge < -0.3 is 30.5 Å². The van der Waals surface area contributed by atoms with Gasteiger partial charge in [-0.25, -0.2) is 4.79 Å². The van der Waals surface area contributed by atoms with Gasteiger partial charge in [0, 0.05) is 25.7 Å². The van der Waals surface area contributed by atoms with E-state index in [9.17, 15) is 19.8 Å². The summed E-state index contributed by atoms with van der Waals surface area (Å²) in [7, 11) is 0. The lowest BCUT2D eigenvalue weighted by molar-refractivity contribution is -0.136. The summed E-state index contributed by atoms with van der Waals surface area (Å²) in [6, 6.07) is 13.2.